The number of rotatable bonds is 4. The molecular formula is C19H22N4O3. The summed E-state index contributed by atoms with van der Waals surface area (Å²) >= 11 is 0. The lowest BCUT2D eigenvalue weighted by molar-refractivity contribution is -0.385. The van der Waals surface area contributed by atoms with Crippen LogP contribution in [0.15, 0.2) is 48.7 Å². The average Bonchev–Trinajstić information content (AvgIpc) is 2.68. The zero-order chi connectivity index (χ0) is 18.7. The summed E-state index contributed by atoms with van der Waals surface area (Å²) in [7, 11) is 0. The number of benzene rings is 1. The summed E-state index contributed by atoms with van der Waals surface area (Å²) in [6, 6.07) is 12.9. The van der Waals surface area contributed by atoms with Crippen LogP contribution in [-0.2, 0) is 10.2 Å². The Labute approximate surface area is 152 Å². The predicted molar refractivity (Wildman–Crippen MR) is 99.2 cm³/mol. The predicted octanol–water partition coefficient (Wildman–Crippen LogP) is 2.62. The average molecular weight is 354 g/mol. The van der Waals surface area contributed by atoms with Gasteiger partial charge in [-0.2, -0.15) is 0 Å². The van der Waals surface area contributed by atoms with E-state index in [-0.39, 0.29) is 11.6 Å². The summed E-state index contributed by atoms with van der Waals surface area (Å²) in [6.07, 6.45) is 1.27. The summed E-state index contributed by atoms with van der Waals surface area (Å²) in [5.41, 5.74) is 0.409. The number of aromatic nitrogens is 1. The van der Waals surface area contributed by atoms with E-state index in [0.29, 0.717) is 32.0 Å². The summed E-state index contributed by atoms with van der Waals surface area (Å²) in [5, 5.41) is 10.7. The van der Waals surface area contributed by atoms with E-state index < -0.39 is 10.3 Å². The van der Waals surface area contributed by atoms with E-state index in [4.69, 9.17) is 0 Å². The maximum Gasteiger partial charge on any atom is 0.287 e. The van der Waals surface area contributed by atoms with Gasteiger partial charge in [-0.15, -0.1) is 0 Å². The Kier molecular flexibility index (Phi) is 4.88. The van der Waals surface area contributed by atoms with E-state index >= 15 is 0 Å². The third-order valence-corrected chi connectivity index (χ3v) is 4.86. The fourth-order valence-corrected chi connectivity index (χ4v) is 3.19. The van der Waals surface area contributed by atoms with Gasteiger partial charge in [-0.1, -0.05) is 30.3 Å². The zero-order valence-electron chi connectivity index (χ0n) is 15.0. The minimum absolute atomic E-state index is 0.0211. The van der Waals surface area contributed by atoms with E-state index in [1.54, 1.807) is 6.07 Å². The van der Waals surface area contributed by atoms with Crippen LogP contribution in [0.3, 0.4) is 0 Å². The van der Waals surface area contributed by atoms with Gasteiger partial charge in [0.2, 0.25) is 5.91 Å². The summed E-state index contributed by atoms with van der Waals surface area (Å²) < 4.78 is 0. The van der Waals surface area contributed by atoms with Gasteiger partial charge in [0.25, 0.3) is 5.69 Å². The van der Waals surface area contributed by atoms with Crippen LogP contribution in [0.2, 0.25) is 0 Å². The molecule has 7 nitrogen and oxygen atoms in total. The van der Waals surface area contributed by atoms with Crippen molar-refractivity contribution >= 4 is 17.4 Å². The molecule has 0 atom stereocenters. The van der Waals surface area contributed by atoms with Crippen LogP contribution in [0.25, 0.3) is 0 Å². The van der Waals surface area contributed by atoms with Crippen molar-refractivity contribution in [3.05, 3.63) is 64.3 Å². The number of amides is 1. The van der Waals surface area contributed by atoms with E-state index in [0.717, 1.165) is 5.56 Å². The minimum atomic E-state index is -0.574. The topological polar surface area (TPSA) is 79.6 Å². The molecule has 2 heterocycles. The molecule has 136 valence electrons. The molecule has 0 N–H and O–H groups in total. The number of carbonyl (C=O) groups excluding carboxylic acids is 1. The monoisotopic (exact) mass is 354 g/mol. The van der Waals surface area contributed by atoms with Gasteiger partial charge in [0.05, 0.1) is 10.3 Å². The maximum atomic E-state index is 13.0. The van der Waals surface area contributed by atoms with Gasteiger partial charge in [0.15, 0.2) is 0 Å². The second kappa shape index (κ2) is 7.11. The highest BCUT2D eigenvalue weighted by Crippen LogP contribution is 2.26. The molecule has 0 radical (unpaired) electrons. The smallest absolute Gasteiger partial charge is 0.287 e. The molecule has 1 aliphatic heterocycles. The first-order chi connectivity index (χ1) is 12.4. The Bertz CT molecular complexity index is 782. The quantitative estimate of drug-likeness (QED) is 0.623. The van der Waals surface area contributed by atoms with Crippen molar-refractivity contribution in [2.45, 2.75) is 19.3 Å². The number of anilines is 1. The third kappa shape index (κ3) is 3.51. The number of piperazine rings is 1. The van der Waals surface area contributed by atoms with Crippen LogP contribution in [0.4, 0.5) is 11.5 Å². The molecule has 1 amide bonds. The van der Waals surface area contributed by atoms with Gasteiger partial charge in [-0.25, -0.2) is 4.98 Å². The van der Waals surface area contributed by atoms with Crippen LogP contribution < -0.4 is 4.90 Å². The fraction of sp³-hybridized carbons (Fsp3) is 0.368. The van der Waals surface area contributed by atoms with Crippen LogP contribution in [0, 0.1) is 10.1 Å². The van der Waals surface area contributed by atoms with Crippen LogP contribution in [0.5, 0.6) is 0 Å². The Morgan fingerprint density at radius 1 is 1.08 bits per heavy atom. The maximum absolute atomic E-state index is 13.0. The molecule has 1 aromatic carbocycles. The number of carbonyl (C=O) groups is 1. The van der Waals surface area contributed by atoms with Crippen molar-refractivity contribution in [1.29, 1.82) is 0 Å². The van der Waals surface area contributed by atoms with Gasteiger partial charge in [0.1, 0.15) is 12.0 Å². The van der Waals surface area contributed by atoms with Crippen molar-refractivity contribution in [3.8, 4) is 0 Å². The minimum Gasteiger partial charge on any atom is -0.353 e. The van der Waals surface area contributed by atoms with Gasteiger partial charge in [-0.05, 0) is 25.5 Å². The van der Waals surface area contributed by atoms with Crippen LogP contribution in [-0.4, -0.2) is 46.9 Å². The zero-order valence-corrected chi connectivity index (χ0v) is 15.0. The first kappa shape index (κ1) is 17.8. The highest BCUT2D eigenvalue weighted by molar-refractivity contribution is 5.87. The molecule has 3 rings (SSSR count). The standard InChI is InChI=1S/C19H22N4O3/c1-19(2,15-6-4-3-5-7-15)18(24)22-12-10-21(11-13-22)17-9-8-16(14-20-17)23(25)26/h3-9,14H,10-13H2,1-2H3. The second-order valence-corrected chi connectivity index (χ2v) is 6.90. The molecule has 0 bridgehead atoms. The van der Waals surface area contributed by atoms with E-state index in [1.165, 1.54) is 12.3 Å². The lowest BCUT2D eigenvalue weighted by Gasteiger charge is -2.39. The molecular weight excluding hydrogens is 332 g/mol. The molecule has 1 fully saturated rings. The second-order valence-electron chi connectivity index (χ2n) is 6.90. The molecule has 1 aromatic heterocycles. The molecule has 26 heavy (non-hydrogen) atoms. The number of hydrogen-bond acceptors (Lipinski definition) is 5. The molecule has 0 unspecified atom stereocenters. The molecule has 1 saturated heterocycles. The number of pyridine rings is 1. The van der Waals surface area contributed by atoms with Crippen molar-refractivity contribution in [2.24, 2.45) is 0 Å². The molecule has 0 aliphatic carbocycles. The van der Waals surface area contributed by atoms with E-state index in [1.807, 2.05) is 54.0 Å². The number of hydrogen-bond donors (Lipinski definition) is 0. The Morgan fingerprint density at radius 3 is 2.27 bits per heavy atom. The Hall–Kier alpha value is -2.96. The van der Waals surface area contributed by atoms with Crippen LogP contribution >= 0.6 is 0 Å². The van der Waals surface area contributed by atoms with Gasteiger partial charge in [0, 0.05) is 32.2 Å². The number of nitro groups is 1. The highest BCUT2D eigenvalue weighted by atomic mass is 16.6. The van der Waals surface area contributed by atoms with Crippen LogP contribution in [0.1, 0.15) is 19.4 Å². The van der Waals surface area contributed by atoms with Gasteiger partial charge >= 0.3 is 0 Å². The molecule has 0 saturated carbocycles. The fourth-order valence-electron chi connectivity index (χ4n) is 3.19. The third-order valence-electron chi connectivity index (χ3n) is 4.86. The lowest BCUT2D eigenvalue weighted by atomic mass is 9.83. The molecule has 0 spiro atoms. The molecule has 1 aliphatic rings. The highest BCUT2D eigenvalue weighted by Gasteiger charge is 2.35. The summed E-state index contributed by atoms with van der Waals surface area (Å²) in [4.78, 5) is 31.4. The van der Waals surface area contributed by atoms with Gasteiger partial charge < -0.3 is 9.80 Å². The van der Waals surface area contributed by atoms with Crippen molar-refractivity contribution < 1.29 is 9.72 Å². The van der Waals surface area contributed by atoms with Crippen molar-refractivity contribution in [1.82, 2.24) is 9.88 Å². The van der Waals surface area contributed by atoms with Crippen molar-refractivity contribution in [2.75, 3.05) is 31.1 Å². The summed E-state index contributed by atoms with van der Waals surface area (Å²) in [6.45, 7) is 6.42. The largest absolute Gasteiger partial charge is 0.353 e. The molecule has 7 heteroatoms. The molecule has 2 aromatic rings. The first-order valence-electron chi connectivity index (χ1n) is 8.60. The first-order valence-corrected chi connectivity index (χ1v) is 8.60. The van der Waals surface area contributed by atoms with Crippen molar-refractivity contribution in [3.63, 3.8) is 0 Å². The lowest BCUT2D eigenvalue weighted by Crippen LogP contribution is -2.53. The van der Waals surface area contributed by atoms with E-state index in [9.17, 15) is 14.9 Å². The summed E-state index contributed by atoms with van der Waals surface area (Å²) in [5.74, 6) is 0.810. The van der Waals surface area contributed by atoms with E-state index in [2.05, 4.69) is 4.98 Å². The Morgan fingerprint density at radius 2 is 1.73 bits per heavy atom. The SMILES string of the molecule is CC(C)(C(=O)N1CCN(c2ccc([N+](=O)[O-])cn2)CC1)c1ccccc1. The van der Waals surface area contributed by atoms with Gasteiger partial charge in [-0.3, -0.25) is 14.9 Å². The normalized spacial score (nSPS) is 15.0. The Balaban J connectivity index is 1.64. The number of nitrogens with zero attached hydrogens (tertiary/aromatic N) is 4.